The number of nitrogens with zero attached hydrogens (tertiary/aromatic N) is 3. The molecule has 0 N–H and O–H groups in total. The molecular weight excluding hydrogens is 418 g/mol. The Labute approximate surface area is 187 Å². The molecule has 0 spiro atoms. The predicted octanol–water partition coefficient (Wildman–Crippen LogP) is 4.22. The van der Waals surface area contributed by atoms with E-state index in [4.69, 9.17) is 25.6 Å². The number of aromatic nitrogens is 1. The zero-order valence-corrected chi connectivity index (χ0v) is 18.8. The monoisotopic (exact) mass is 443 g/mol. The number of carbonyl (C=O) groups excluding carboxylic acids is 1. The highest BCUT2D eigenvalue weighted by molar-refractivity contribution is 6.33. The topological polar surface area (TPSA) is 68.0 Å². The number of ether oxygens (including phenoxy) is 2. The van der Waals surface area contributed by atoms with Crippen molar-refractivity contribution >= 4 is 17.5 Å². The highest BCUT2D eigenvalue weighted by Gasteiger charge is 2.21. The van der Waals surface area contributed by atoms with Crippen LogP contribution in [-0.2, 0) is 6.54 Å². The number of methoxy groups -OCH3 is 2. The van der Waals surface area contributed by atoms with E-state index in [1.165, 1.54) is 0 Å². The molecule has 0 radical (unpaired) electrons. The molecule has 0 aliphatic heterocycles. The second kappa shape index (κ2) is 10.3. The molecule has 3 rings (SSSR count). The Balaban J connectivity index is 1.87. The zero-order chi connectivity index (χ0) is 22.4. The van der Waals surface area contributed by atoms with Crippen molar-refractivity contribution in [2.45, 2.75) is 6.54 Å². The van der Waals surface area contributed by atoms with Crippen LogP contribution in [0.4, 0.5) is 0 Å². The fourth-order valence-corrected chi connectivity index (χ4v) is 3.31. The van der Waals surface area contributed by atoms with E-state index in [0.29, 0.717) is 46.6 Å². The maximum atomic E-state index is 13.2. The van der Waals surface area contributed by atoms with Crippen LogP contribution in [0.2, 0.25) is 5.02 Å². The van der Waals surface area contributed by atoms with Gasteiger partial charge in [0.05, 0.1) is 36.9 Å². The first-order chi connectivity index (χ1) is 14.9. The SMILES string of the molecule is COc1ccc(OC)c(-c2cc(CN(CCN(C)C)C(=O)c3ccccc3Cl)no2)c1. The number of hydrogen-bond donors (Lipinski definition) is 0. The quantitative estimate of drug-likeness (QED) is 0.493. The first-order valence-corrected chi connectivity index (χ1v) is 10.2. The molecule has 7 nitrogen and oxygen atoms in total. The summed E-state index contributed by atoms with van der Waals surface area (Å²) in [5, 5.41) is 4.60. The van der Waals surface area contributed by atoms with E-state index in [2.05, 4.69) is 5.16 Å². The molecule has 0 fully saturated rings. The van der Waals surface area contributed by atoms with Gasteiger partial charge in [0.1, 0.15) is 17.2 Å². The van der Waals surface area contributed by atoms with Crippen LogP contribution in [0.15, 0.2) is 53.1 Å². The molecule has 1 heterocycles. The van der Waals surface area contributed by atoms with Crippen molar-refractivity contribution in [1.82, 2.24) is 15.0 Å². The fraction of sp³-hybridized carbons (Fsp3) is 0.304. The molecule has 0 bridgehead atoms. The standard InChI is InChI=1S/C23H26ClN3O4/c1-26(2)11-12-27(23(28)18-7-5-6-8-20(18)24)15-16-13-22(31-25-16)19-14-17(29-3)9-10-21(19)30-4/h5-10,13-14H,11-12,15H2,1-4H3. The summed E-state index contributed by atoms with van der Waals surface area (Å²) in [6, 6.07) is 14.3. The second-order valence-corrected chi connectivity index (χ2v) is 7.67. The maximum Gasteiger partial charge on any atom is 0.255 e. The Morgan fingerprint density at radius 1 is 1.06 bits per heavy atom. The maximum absolute atomic E-state index is 13.2. The summed E-state index contributed by atoms with van der Waals surface area (Å²) >= 11 is 6.26. The molecule has 1 amide bonds. The van der Waals surface area contributed by atoms with Gasteiger partial charge in [-0.2, -0.15) is 0 Å². The summed E-state index contributed by atoms with van der Waals surface area (Å²) in [7, 11) is 7.11. The van der Waals surface area contributed by atoms with Crippen LogP contribution in [0.3, 0.4) is 0 Å². The minimum absolute atomic E-state index is 0.157. The number of rotatable bonds is 9. The van der Waals surface area contributed by atoms with Crippen molar-refractivity contribution in [2.75, 3.05) is 41.4 Å². The average molecular weight is 444 g/mol. The van der Waals surface area contributed by atoms with Crippen LogP contribution in [0, 0.1) is 0 Å². The number of halogens is 1. The van der Waals surface area contributed by atoms with Gasteiger partial charge in [0.25, 0.3) is 5.91 Å². The van der Waals surface area contributed by atoms with Crippen LogP contribution in [0.5, 0.6) is 11.5 Å². The van der Waals surface area contributed by atoms with Crippen molar-refractivity contribution in [2.24, 2.45) is 0 Å². The third-order valence-corrected chi connectivity index (χ3v) is 5.12. The molecule has 0 saturated heterocycles. The number of likely N-dealkylation sites (N-methyl/N-ethyl adjacent to an activating group) is 1. The van der Waals surface area contributed by atoms with E-state index in [1.807, 2.05) is 31.1 Å². The molecular formula is C23H26ClN3O4. The van der Waals surface area contributed by atoms with E-state index >= 15 is 0 Å². The lowest BCUT2D eigenvalue weighted by molar-refractivity contribution is 0.0728. The molecule has 3 aromatic rings. The summed E-state index contributed by atoms with van der Waals surface area (Å²) in [5.41, 5.74) is 1.80. The lowest BCUT2D eigenvalue weighted by Crippen LogP contribution is -2.36. The zero-order valence-electron chi connectivity index (χ0n) is 18.1. The number of carbonyl (C=O) groups is 1. The molecule has 0 atom stereocenters. The largest absolute Gasteiger partial charge is 0.497 e. The predicted molar refractivity (Wildman–Crippen MR) is 120 cm³/mol. The van der Waals surface area contributed by atoms with Crippen LogP contribution in [-0.4, -0.2) is 62.3 Å². The van der Waals surface area contributed by atoms with Gasteiger partial charge in [-0.3, -0.25) is 4.79 Å². The van der Waals surface area contributed by atoms with Crippen molar-refractivity contribution in [3.63, 3.8) is 0 Å². The van der Waals surface area contributed by atoms with Crippen molar-refractivity contribution in [3.8, 4) is 22.8 Å². The number of amides is 1. The van der Waals surface area contributed by atoms with E-state index in [1.54, 1.807) is 55.5 Å². The van der Waals surface area contributed by atoms with Gasteiger partial charge < -0.3 is 23.8 Å². The molecule has 0 unspecified atom stereocenters. The van der Waals surface area contributed by atoms with Crippen LogP contribution < -0.4 is 9.47 Å². The third kappa shape index (κ3) is 5.57. The van der Waals surface area contributed by atoms with E-state index in [0.717, 1.165) is 5.56 Å². The molecule has 164 valence electrons. The van der Waals surface area contributed by atoms with Gasteiger partial charge in [0.2, 0.25) is 0 Å². The first kappa shape index (κ1) is 22.7. The summed E-state index contributed by atoms with van der Waals surface area (Å²) in [6.45, 7) is 1.50. The highest BCUT2D eigenvalue weighted by Crippen LogP contribution is 2.34. The Bertz CT molecular complexity index is 1040. The van der Waals surface area contributed by atoms with Crippen LogP contribution in [0.1, 0.15) is 16.1 Å². The van der Waals surface area contributed by atoms with Crippen molar-refractivity contribution in [3.05, 3.63) is 64.8 Å². The van der Waals surface area contributed by atoms with E-state index < -0.39 is 0 Å². The summed E-state index contributed by atoms with van der Waals surface area (Å²) < 4.78 is 16.3. The fourth-order valence-electron chi connectivity index (χ4n) is 3.09. The molecule has 1 aromatic heterocycles. The molecule has 31 heavy (non-hydrogen) atoms. The Hall–Kier alpha value is -3.03. The van der Waals surface area contributed by atoms with Gasteiger partial charge in [-0.1, -0.05) is 28.9 Å². The Morgan fingerprint density at radius 3 is 2.52 bits per heavy atom. The van der Waals surface area contributed by atoms with Gasteiger partial charge in [0.15, 0.2) is 5.76 Å². The normalized spacial score (nSPS) is 10.9. The third-order valence-electron chi connectivity index (χ3n) is 4.79. The smallest absolute Gasteiger partial charge is 0.255 e. The highest BCUT2D eigenvalue weighted by atomic mass is 35.5. The van der Waals surface area contributed by atoms with Gasteiger partial charge in [-0.25, -0.2) is 0 Å². The summed E-state index contributed by atoms with van der Waals surface area (Å²) in [6.07, 6.45) is 0. The summed E-state index contributed by atoms with van der Waals surface area (Å²) in [5.74, 6) is 1.69. The van der Waals surface area contributed by atoms with Gasteiger partial charge in [0, 0.05) is 19.2 Å². The van der Waals surface area contributed by atoms with Crippen molar-refractivity contribution < 1.29 is 18.8 Å². The Morgan fingerprint density at radius 2 is 1.84 bits per heavy atom. The number of hydrogen-bond acceptors (Lipinski definition) is 6. The van der Waals surface area contributed by atoms with Crippen LogP contribution >= 0.6 is 11.6 Å². The number of benzene rings is 2. The molecule has 0 saturated carbocycles. The first-order valence-electron chi connectivity index (χ1n) is 9.79. The van der Waals surface area contributed by atoms with Gasteiger partial charge >= 0.3 is 0 Å². The van der Waals surface area contributed by atoms with E-state index in [-0.39, 0.29) is 12.5 Å². The van der Waals surface area contributed by atoms with Gasteiger partial charge in [-0.05, 0) is 44.4 Å². The lowest BCUT2D eigenvalue weighted by Gasteiger charge is -2.24. The second-order valence-electron chi connectivity index (χ2n) is 7.26. The minimum Gasteiger partial charge on any atom is -0.497 e. The molecule has 0 aliphatic carbocycles. The molecule has 2 aromatic carbocycles. The Kier molecular flexibility index (Phi) is 7.55. The lowest BCUT2D eigenvalue weighted by atomic mass is 10.1. The summed E-state index contributed by atoms with van der Waals surface area (Å²) in [4.78, 5) is 16.9. The van der Waals surface area contributed by atoms with Crippen LogP contribution in [0.25, 0.3) is 11.3 Å². The molecule has 8 heteroatoms. The van der Waals surface area contributed by atoms with Gasteiger partial charge in [-0.15, -0.1) is 0 Å². The molecule has 0 aliphatic rings. The average Bonchev–Trinajstić information content (AvgIpc) is 3.24. The van der Waals surface area contributed by atoms with E-state index in [9.17, 15) is 4.79 Å². The minimum atomic E-state index is -0.157. The van der Waals surface area contributed by atoms with Crippen molar-refractivity contribution in [1.29, 1.82) is 0 Å².